The zero-order valence-electron chi connectivity index (χ0n) is 14.5. The van der Waals surface area contributed by atoms with Crippen molar-refractivity contribution in [3.8, 4) is 11.6 Å². The van der Waals surface area contributed by atoms with E-state index in [0.29, 0.717) is 16.9 Å². The highest BCUT2D eigenvalue weighted by Crippen LogP contribution is 2.27. The second kappa shape index (κ2) is 6.62. The van der Waals surface area contributed by atoms with Gasteiger partial charge in [-0.05, 0) is 32.0 Å². The van der Waals surface area contributed by atoms with Gasteiger partial charge in [-0.1, -0.05) is 6.07 Å². The molecule has 0 saturated carbocycles. The number of fused-ring (bicyclic) bond motifs is 1. The Labute approximate surface area is 148 Å². The molecule has 0 atom stereocenters. The van der Waals surface area contributed by atoms with Crippen molar-refractivity contribution in [1.82, 2.24) is 9.38 Å². The summed E-state index contributed by atoms with van der Waals surface area (Å²) in [6.07, 6.45) is 0. The fourth-order valence-electron chi connectivity index (χ4n) is 2.79. The Bertz CT molecular complexity index is 1010. The maximum absolute atomic E-state index is 14.3. The first-order valence-electron chi connectivity index (χ1n) is 7.77. The number of aromatic nitrogens is 2. The number of rotatable bonds is 5. The molecule has 0 bridgehead atoms. The average molecular weight is 361 g/mol. The normalized spacial score (nSPS) is 11.0. The second-order valence-electron chi connectivity index (χ2n) is 5.76. The maximum Gasteiger partial charge on any atom is 0.267 e. The summed E-state index contributed by atoms with van der Waals surface area (Å²) in [5.74, 6) is -2.13. The standard InChI is InChI=1S/C18H17F2N3O3/c1-9-4-7-14-22-10(2)16(17(21)24)23(14)18(9)26-8-11-12(19)5-6-13(25-3)15(11)20/h4-7H,8H2,1-3H3,(H2,21,24). The highest BCUT2D eigenvalue weighted by molar-refractivity contribution is 5.93. The Kier molecular flexibility index (Phi) is 4.50. The van der Waals surface area contributed by atoms with Crippen molar-refractivity contribution in [2.45, 2.75) is 20.5 Å². The van der Waals surface area contributed by atoms with Gasteiger partial charge in [0, 0.05) is 5.56 Å². The summed E-state index contributed by atoms with van der Waals surface area (Å²) < 4.78 is 40.3. The van der Waals surface area contributed by atoms with E-state index in [-0.39, 0.29) is 22.9 Å². The summed E-state index contributed by atoms with van der Waals surface area (Å²) in [5, 5.41) is 0. The third-order valence-corrected chi connectivity index (χ3v) is 4.06. The summed E-state index contributed by atoms with van der Waals surface area (Å²) in [7, 11) is 1.29. The molecule has 2 aromatic heterocycles. The van der Waals surface area contributed by atoms with Crippen LogP contribution in [-0.2, 0) is 6.61 Å². The quantitative estimate of drug-likeness (QED) is 0.758. The van der Waals surface area contributed by atoms with Gasteiger partial charge < -0.3 is 15.2 Å². The Morgan fingerprint density at radius 3 is 2.62 bits per heavy atom. The molecule has 136 valence electrons. The molecule has 0 fully saturated rings. The SMILES string of the molecule is COc1ccc(F)c(COc2c(C)ccc3nc(C)c(C(N)=O)n23)c1F. The molecule has 0 radical (unpaired) electrons. The van der Waals surface area contributed by atoms with Crippen LogP contribution in [0.25, 0.3) is 5.65 Å². The molecule has 0 aliphatic rings. The van der Waals surface area contributed by atoms with Gasteiger partial charge >= 0.3 is 0 Å². The van der Waals surface area contributed by atoms with Crippen molar-refractivity contribution in [2.24, 2.45) is 5.73 Å². The van der Waals surface area contributed by atoms with Crippen molar-refractivity contribution in [3.05, 3.63) is 58.4 Å². The van der Waals surface area contributed by atoms with E-state index < -0.39 is 24.1 Å². The van der Waals surface area contributed by atoms with Gasteiger partial charge in [0.2, 0.25) is 5.88 Å². The summed E-state index contributed by atoms with van der Waals surface area (Å²) in [6, 6.07) is 5.74. The zero-order valence-corrected chi connectivity index (χ0v) is 14.5. The third kappa shape index (κ3) is 2.83. The molecule has 8 heteroatoms. The molecule has 0 spiro atoms. The lowest BCUT2D eigenvalue weighted by Crippen LogP contribution is -2.17. The largest absolute Gasteiger partial charge is 0.494 e. The predicted octanol–water partition coefficient (Wildman–Crippen LogP) is 2.92. The molecule has 2 heterocycles. The van der Waals surface area contributed by atoms with E-state index in [4.69, 9.17) is 15.2 Å². The van der Waals surface area contributed by atoms with Gasteiger partial charge in [0.1, 0.15) is 23.8 Å². The number of benzene rings is 1. The van der Waals surface area contributed by atoms with Crippen molar-refractivity contribution in [1.29, 1.82) is 0 Å². The number of imidazole rings is 1. The molecule has 1 amide bonds. The van der Waals surface area contributed by atoms with E-state index in [1.54, 1.807) is 26.0 Å². The maximum atomic E-state index is 14.3. The molecular weight excluding hydrogens is 344 g/mol. The number of hydrogen-bond donors (Lipinski definition) is 1. The first kappa shape index (κ1) is 17.7. The number of carbonyl (C=O) groups is 1. The fraction of sp³-hybridized carbons (Fsp3) is 0.222. The van der Waals surface area contributed by atoms with Gasteiger partial charge in [-0.3, -0.25) is 9.20 Å². The monoisotopic (exact) mass is 361 g/mol. The molecule has 6 nitrogen and oxygen atoms in total. The van der Waals surface area contributed by atoms with E-state index >= 15 is 0 Å². The molecule has 0 aliphatic carbocycles. The number of pyridine rings is 1. The highest BCUT2D eigenvalue weighted by atomic mass is 19.1. The van der Waals surface area contributed by atoms with Crippen molar-refractivity contribution in [2.75, 3.05) is 7.11 Å². The van der Waals surface area contributed by atoms with E-state index in [1.165, 1.54) is 17.6 Å². The molecular formula is C18H17F2N3O3. The number of nitrogens with two attached hydrogens (primary N) is 1. The number of methoxy groups -OCH3 is 1. The second-order valence-corrected chi connectivity index (χ2v) is 5.76. The molecule has 3 aromatic rings. The first-order chi connectivity index (χ1) is 12.3. The molecule has 1 aromatic carbocycles. The Morgan fingerprint density at radius 2 is 1.96 bits per heavy atom. The molecule has 0 saturated heterocycles. The predicted molar refractivity (Wildman–Crippen MR) is 90.4 cm³/mol. The summed E-state index contributed by atoms with van der Waals surface area (Å²) in [6.45, 7) is 2.99. The number of carbonyl (C=O) groups excluding carboxylic acids is 1. The lowest BCUT2D eigenvalue weighted by Gasteiger charge is -2.14. The van der Waals surface area contributed by atoms with Crippen LogP contribution < -0.4 is 15.2 Å². The summed E-state index contributed by atoms with van der Waals surface area (Å²) >= 11 is 0. The first-order valence-corrected chi connectivity index (χ1v) is 7.77. The Balaban J connectivity index is 2.08. The lowest BCUT2D eigenvalue weighted by molar-refractivity contribution is 0.0992. The van der Waals surface area contributed by atoms with E-state index in [0.717, 1.165) is 6.07 Å². The van der Waals surface area contributed by atoms with Crippen LogP contribution in [0.4, 0.5) is 8.78 Å². The number of halogens is 2. The fourth-order valence-corrected chi connectivity index (χ4v) is 2.79. The minimum absolute atomic E-state index is 0.0868. The number of nitrogens with zero attached hydrogens (tertiary/aromatic N) is 2. The van der Waals surface area contributed by atoms with Crippen molar-refractivity contribution >= 4 is 11.6 Å². The lowest BCUT2D eigenvalue weighted by atomic mass is 10.2. The minimum atomic E-state index is -0.839. The number of primary amides is 1. The molecule has 26 heavy (non-hydrogen) atoms. The van der Waals surface area contributed by atoms with E-state index in [9.17, 15) is 13.6 Å². The van der Waals surface area contributed by atoms with Crippen LogP contribution in [-0.4, -0.2) is 22.4 Å². The van der Waals surface area contributed by atoms with Crippen LogP contribution >= 0.6 is 0 Å². The van der Waals surface area contributed by atoms with Crippen molar-refractivity contribution in [3.63, 3.8) is 0 Å². The van der Waals surface area contributed by atoms with Gasteiger partial charge in [-0.2, -0.15) is 0 Å². The van der Waals surface area contributed by atoms with Crippen LogP contribution in [0.15, 0.2) is 24.3 Å². The smallest absolute Gasteiger partial charge is 0.267 e. The number of ether oxygens (including phenoxy) is 2. The van der Waals surface area contributed by atoms with E-state index in [1.807, 2.05) is 0 Å². The molecule has 0 aliphatic heterocycles. The van der Waals surface area contributed by atoms with Gasteiger partial charge in [0.25, 0.3) is 5.91 Å². The van der Waals surface area contributed by atoms with Crippen LogP contribution in [0.1, 0.15) is 27.3 Å². The average Bonchev–Trinajstić information content (AvgIpc) is 2.92. The van der Waals surface area contributed by atoms with Crippen LogP contribution in [0.3, 0.4) is 0 Å². The van der Waals surface area contributed by atoms with E-state index in [2.05, 4.69) is 4.98 Å². The third-order valence-electron chi connectivity index (χ3n) is 4.06. The van der Waals surface area contributed by atoms with Crippen LogP contribution in [0.2, 0.25) is 0 Å². The number of amides is 1. The number of aryl methyl sites for hydroxylation is 2. The van der Waals surface area contributed by atoms with Gasteiger partial charge in [0.15, 0.2) is 11.6 Å². The zero-order chi connectivity index (χ0) is 19.0. The molecule has 0 unspecified atom stereocenters. The summed E-state index contributed by atoms with van der Waals surface area (Å²) in [5.41, 5.74) is 6.86. The Hall–Kier alpha value is -3.16. The topological polar surface area (TPSA) is 78.8 Å². The van der Waals surface area contributed by atoms with Crippen LogP contribution in [0.5, 0.6) is 11.6 Å². The van der Waals surface area contributed by atoms with Gasteiger partial charge in [-0.25, -0.2) is 13.8 Å². The van der Waals surface area contributed by atoms with Crippen molar-refractivity contribution < 1.29 is 23.0 Å². The van der Waals surface area contributed by atoms with Gasteiger partial charge in [-0.15, -0.1) is 0 Å². The van der Waals surface area contributed by atoms with Gasteiger partial charge in [0.05, 0.1) is 18.4 Å². The Morgan fingerprint density at radius 1 is 1.23 bits per heavy atom. The summed E-state index contributed by atoms with van der Waals surface area (Å²) in [4.78, 5) is 16.1. The highest BCUT2D eigenvalue weighted by Gasteiger charge is 2.20. The minimum Gasteiger partial charge on any atom is -0.494 e. The van der Waals surface area contributed by atoms with Crippen LogP contribution in [0, 0.1) is 25.5 Å². The molecule has 2 N–H and O–H groups in total. The number of hydrogen-bond acceptors (Lipinski definition) is 4. The molecule has 3 rings (SSSR count).